The summed E-state index contributed by atoms with van der Waals surface area (Å²) in [4.78, 5) is 23.6. The number of rotatable bonds is 4. The molecule has 1 unspecified atom stereocenters. The maximum Gasteiger partial charge on any atom is 0.242 e. The molecule has 1 aliphatic heterocycles. The average molecular weight is 330 g/mol. The number of hydrogen-bond acceptors (Lipinski definition) is 4. The zero-order valence-corrected chi connectivity index (χ0v) is 13.6. The van der Waals surface area contributed by atoms with Crippen LogP contribution in [-0.4, -0.2) is 29.5 Å². The van der Waals surface area contributed by atoms with Crippen molar-refractivity contribution in [1.29, 1.82) is 0 Å². The molecular formula is C14H20ClN3O2S. The molecule has 1 aromatic carbocycles. The van der Waals surface area contributed by atoms with Crippen molar-refractivity contribution < 1.29 is 9.59 Å². The summed E-state index contributed by atoms with van der Waals surface area (Å²) in [5.41, 5.74) is 1.38. The number of halogens is 1. The summed E-state index contributed by atoms with van der Waals surface area (Å²) >= 11 is 1.71. The van der Waals surface area contributed by atoms with E-state index in [0.29, 0.717) is 11.4 Å². The fourth-order valence-electron chi connectivity index (χ4n) is 1.75. The number of thioether (sulfide) groups is 1. The van der Waals surface area contributed by atoms with E-state index in [-0.39, 0.29) is 36.2 Å². The molecule has 2 rings (SSSR count). The molecule has 0 saturated carbocycles. The Morgan fingerprint density at radius 3 is 2.52 bits per heavy atom. The van der Waals surface area contributed by atoms with Crippen LogP contribution in [0, 0.1) is 5.92 Å². The second-order valence-electron chi connectivity index (χ2n) is 4.99. The molecule has 116 valence electrons. The number of carbonyl (C=O) groups excluding carboxylic acids is 2. The van der Waals surface area contributed by atoms with Crippen molar-refractivity contribution in [3.63, 3.8) is 0 Å². The lowest BCUT2D eigenvalue weighted by Crippen LogP contribution is -2.37. The first-order valence-corrected chi connectivity index (χ1v) is 7.74. The van der Waals surface area contributed by atoms with Crippen LogP contribution in [-0.2, 0) is 9.59 Å². The highest BCUT2D eigenvalue weighted by Crippen LogP contribution is 2.17. The van der Waals surface area contributed by atoms with E-state index >= 15 is 0 Å². The number of anilines is 2. The van der Waals surface area contributed by atoms with Crippen molar-refractivity contribution >= 4 is 47.4 Å². The third-order valence-corrected chi connectivity index (χ3v) is 3.89. The first-order chi connectivity index (χ1) is 9.56. The van der Waals surface area contributed by atoms with Gasteiger partial charge in [-0.25, -0.2) is 0 Å². The summed E-state index contributed by atoms with van der Waals surface area (Å²) in [6, 6.07) is 7.04. The third-order valence-electron chi connectivity index (χ3n) is 2.95. The van der Waals surface area contributed by atoms with E-state index in [1.54, 1.807) is 23.9 Å². The minimum absolute atomic E-state index is 0. The highest BCUT2D eigenvalue weighted by molar-refractivity contribution is 7.99. The van der Waals surface area contributed by atoms with Gasteiger partial charge in [-0.2, -0.15) is 0 Å². The van der Waals surface area contributed by atoms with E-state index in [1.807, 2.05) is 26.0 Å². The van der Waals surface area contributed by atoms with Crippen molar-refractivity contribution in [3.05, 3.63) is 24.3 Å². The highest BCUT2D eigenvalue weighted by atomic mass is 35.5. The third kappa shape index (κ3) is 5.22. The Labute approximate surface area is 135 Å². The van der Waals surface area contributed by atoms with Crippen molar-refractivity contribution in [2.24, 2.45) is 5.92 Å². The van der Waals surface area contributed by atoms with Gasteiger partial charge in [-0.1, -0.05) is 19.9 Å². The summed E-state index contributed by atoms with van der Waals surface area (Å²) in [6.45, 7) is 3.68. The van der Waals surface area contributed by atoms with Crippen LogP contribution >= 0.6 is 24.2 Å². The number of benzene rings is 1. The van der Waals surface area contributed by atoms with Crippen LogP contribution in [0.15, 0.2) is 24.3 Å². The molecule has 1 atom stereocenters. The van der Waals surface area contributed by atoms with Crippen molar-refractivity contribution in [3.8, 4) is 0 Å². The molecule has 1 saturated heterocycles. The Morgan fingerprint density at radius 2 is 1.95 bits per heavy atom. The van der Waals surface area contributed by atoms with Crippen LogP contribution in [0.25, 0.3) is 0 Å². The molecule has 1 heterocycles. The lowest BCUT2D eigenvalue weighted by atomic mass is 10.2. The Kier molecular flexibility index (Phi) is 7.01. The average Bonchev–Trinajstić information content (AvgIpc) is 2.92. The van der Waals surface area contributed by atoms with Crippen LogP contribution in [0.5, 0.6) is 0 Å². The quantitative estimate of drug-likeness (QED) is 0.792. The van der Waals surface area contributed by atoms with E-state index in [4.69, 9.17) is 0 Å². The van der Waals surface area contributed by atoms with E-state index in [1.165, 1.54) is 0 Å². The standard InChI is InChI=1S/C14H19N3O2S.ClH/c1-9(2)13(18)16-10-4-3-5-11(6-10)17-14(19)12-7-20-8-15-12;/h3-6,9,12,15H,7-8H2,1-2H3,(H,16,18)(H,17,19);1H. The molecule has 5 nitrogen and oxygen atoms in total. The molecule has 0 aromatic heterocycles. The predicted molar refractivity (Wildman–Crippen MR) is 90.0 cm³/mol. The molecule has 7 heteroatoms. The number of carbonyl (C=O) groups is 2. The monoisotopic (exact) mass is 329 g/mol. The Balaban J connectivity index is 0.00000220. The molecule has 1 fully saturated rings. The van der Waals surface area contributed by atoms with E-state index in [9.17, 15) is 9.59 Å². The van der Waals surface area contributed by atoms with Gasteiger partial charge in [0.2, 0.25) is 11.8 Å². The van der Waals surface area contributed by atoms with Crippen LogP contribution < -0.4 is 16.0 Å². The maximum absolute atomic E-state index is 12.0. The van der Waals surface area contributed by atoms with Gasteiger partial charge in [-0.05, 0) is 18.2 Å². The molecule has 2 amide bonds. The van der Waals surface area contributed by atoms with Gasteiger partial charge in [0, 0.05) is 28.9 Å². The fraction of sp³-hybridized carbons (Fsp3) is 0.429. The van der Waals surface area contributed by atoms with Crippen molar-refractivity contribution in [2.45, 2.75) is 19.9 Å². The summed E-state index contributed by atoms with van der Waals surface area (Å²) < 4.78 is 0. The molecule has 0 aliphatic carbocycles. The number of amides is 2. The summed E-state index contributed by atoms with van der Waals surface area (Å²) in [5, 5.41) is 8.79. The Bertz CT molecular complexity index is 505. The van der Waals surface area contributed by atoms with Gasteiger partial charge in [-0.3, -0.25) is 14.9 Å². The predicted octanol–water partition coefficient (Wildman–Crippen LogP) is 2.30. The zero-order valence-electron chi connectivity index (χ0n) is 12.0. The highest BCUT2D eigenvalue weighted by Gasteiger charge is 2.22. The number of nitrogens with one attached hydrogen (secondary N) is 3. The molecule has 0 spiro atoms. The van der Waals surface area contributed by atoms with E-state index in [0.717, 1.165) is 11.6 Å². The van der Waals surface area contributed by atoms with Crippen molar-refractivity contribution in [2.75, 3.05) is 22.3 Å². The smallest absolute Gasteiger partial charge is 0.242 e. The van der Waals surface area contributed by atoms with Crippen LogP contribution in [0.4, 0.5) is 11.4 Å². The molecule has 3 N–H and O–H groups in total. The van der Waals surface area contributed by atoms with Crippen molar-refractivity contribution in [1.82, 2.24) is 5.32 Å². The second-order valence-corrected chi connectivity index (χ2v) is 6.02. The summed E-state index contributed by atoms with van der Waals surface area (Å²) in [6.07, 6.45) is 0. The summed E-state index contributed by atoms with van der Waals surface area (Å²) in [5.74, 6) is 1.44. The van der Waals surface area contributed by atoms with Gasteiger partial charge < -0.3 is 10.6 Å². The molecule has 21 heavy (non-hydrogen) atoms. The Hall–Kier alpha value is -1.24. The second kappa shape index (κ2) is 8.26. The molecule has 1 aliphatic rings. The van der Waals surface area contributed by atoms with Gasteiger partial charge in [0.25, 0.3) is 0 Å². The van der Waals surface area contributed by atoms with Crippen LogP contribution in [0.1, 0.15) is 13.8 Å². The normalized spacial score (nSPS) is 17.2. The maximum atomic E-state index is 12.0. The summed E-state index contributed by atoms with van der Waals surface area (Å²) in [7, 11) is 0. The van der Waals surface area contributed by atoms with Gasteiger partial charge in [0.1, 0.15) is 0 Å². The minimum atomic E-state index is -0.145. The minimum Gasteiger partial charge on any atom is -0.326 e. The van der Waals surface area contributed by atoms with Crippen LogP contribution in [0.2, 0.25) is 0 Å². The Morgan fingerprint density at radius 1 is 1.29 bits per heavy atom. The van der Waals surface area contributed by atoms with Crippen LogP contribution in [0.3, 0.4) is 0 Å². The topological polar surface area (TPSA) is 70.2 Å². The van der Waals surface area contributed by atoms with Gasteiger partial charge in [0.15, 0.2) is 0 Å². The molecule has 1 aromatic rings. The molecule has 0 bridgehead atoms. The SMILES string of the molecule is CC(C)C(=O)Nc1cccc(NC(=O)C2CSCN2)c1.Cl. The lowest BCUT2D eigenvalue weighted by molar-refractivity contribution is -0.119. The van der Waals surface area contributed by atoms with E-state index in [2.05, 4.69) is 16.0 Å². The number of hydrogen-bond donors (Lipinski definition) is 3. The first-order valence-electron chi connectivity index (χ1n) is 6.59. The fourth-order valence-corrected chi connectivity index (χ4v) is 2.70. The van der Waals surface area contributed by atoms with Gasteiger partial charge in [0.05, 0.1) is 6.04 Å². The zero-order chi connectivity index (χ0) is 14.5. The largest absolute Gasteiger partial charge is 0.326 e. The lowest BCUT2D eigenvalue weighted by Gasteiger charge is -2.12. The van der Waals surface area contributed by atoms with Gasteiger partial charge >= 0.3 is 0 Å². The van der Waals surface area contributed by atoms with Gasteiger partial charge in [-0.15, -0.1) is 24.2 Å². The molecule has 0 radical (unpaired) electrons. The molecular weight excluding hydrogens is 310 g/mol. The van der Waals surface area contributed by atoms with E-state index < -0.39 is 0 Å². The first kappa shape index (κ1) is 17.8.